The van der Waals surface area contributed by atoms with Crippen LogP contribution in [0.3, 0.4) is 0 Å². The van der Waals surface area contributed by atoms with Gasteiger partial charge in [-0.1, -0.05) is 0 Å². The molecule has 0 unspecified atom stereocenters. The largest absolute Gasteiger partial charge is 0.496 e. The highest BCUT2D eigenvalue weighted by molar-refractivity contribution is 5.44. The maximum Gasteiger partial charge on any atom is 0.421 e. The molecule has 0 saturated carbocycles. The number of halogens is 5. The molecule has 0 aliphatic carbocycles. The summed E-state index contributed by atoms with van der Waals surface area (Å²) < 4.78 is 67.1. The Hall–Kier alpha value is -1.44. The Morgan fingerprint density at radius 1 is 1.41 bits per heavy atom. The second kappa shape index (κ2) is 4.82. The molecule has 1 rings (SSSR count). The number of methoxy groups -OCH3 is 1. The van der Waals surface area contributed by atoms with Crippen LogP contribution >= 0.6 is 0 Å². The molecular weight excluding hydrogens is 247 g/mol. The normalized spacial score (nSPS) is 12.0. The SMILES string of the molecule is COc1c(C(F)(F)F)cnc(C(F)F)c1CN. The van der Waals surface area contributed by atoms with Gasteiger partial charge in [0, 0.05) is 18.3 Å². The molecule has 0 aliphatic heterocycles. The van der Waals surface area contributed by atoms with Crippen LogP contribution < -0.4 is 10.5 Å². The van der Waals surface area contributed by atoms with Crippen molar-refractivity contribution in [3.05, 3.63) is 23.0 Å². The Kier molecular flexibility index (Phi) is 3.87. The number of aromatic nitrogens is 1. The van der Waals surface area contributed by atoms with Crippen molar-refractivity contribution in [1.29, 1.82) is 0 Å². The summed E-state index contributed by atoms with van der Waals surface area (Å²) >= 11 is 0. The summed E-state index contributed by atoms with van der Waals surface area (Å²) in [6, 6.07) is 0. The minimum atomic E-state index is -4.73. The van der Waals surface area contributed by atoms with Gasteiger partial charge in [-0.25, -0.2) is 8.78 Å². The third kappa shape index (κ3) is 2.63. The lowest BCUT2D eigenvalue weighted by molar-refractivity contribution is -0.139. The van der Waals surface area contributed by atoms with E-state index < -0.39 is 41.7 Å². The first-order valence-electron chi connectivity index (χ1n) is 4.44. The molecule has 1 aromatic heterocycles. The Balaban J connectivity index is 3.49. The highest BCUT2D eigenvalue weighted by atomic mass is 19.4. The van der Waals surface area contributed by atoms with E-state index in [2.05, 4.69) is 9.72 Å². The average Bonchev–Trinajstić information content (AvgIpc) is 2.25. The summed E-state index contributed by atoms with van der Waals surface area (Å²) in [5.74, 6) is -0.703. The Bertz CT molecular complexity index is 405. The van der Waals surface area contributed by atoms with Crippen molar-refractivity contribution < 1.29 is 26.7 Å². The summed E-state index contributed by atoms with van der Waals surface area (Å²) in [5.41, 5.74) is 2.71. The van der Waals surface area contributed by atoms with Crippen molar-refractivity contribution >= 4 is 0 Å². The number of alkyl halides is 5. The lowest BCUT2D eigenvalue weighted by Gasteiger charge is -2.16. The Morgan fingerprint density at radius 2 is 2.00 bits per heavy atom. The summed E-state index contributed by atoms with van der Waals surface area (Å²) in [5, 5.41) is 0. The topological polar surface area (TPSA) is 48.1 Å². The first-order chi connectivity index (χ1) is 7.82. The number of rotatable bonds is 3. The Morgan fingerprint density at radius 3 is 2.35 bits per heavy atom. The van der Waals surface area contributed by atoms with Crippen molar-refractivity contribution in [2.24, 2.45) is 5.73 Å². The van der Waals surface area contributed by atoms with Crippen LogP contribution in [0.25, 0.3) is 0 Å². The molecule has 1 aromatic rings. The van der Waals surface area contributed by atoms with E-state index in [0.29, 0.717) is 6.20 Å². The van der Waals surface area contributed by atoms with Gasteiger partial charge in [0.15, 0.2) is 0 Å². The van der Waals surface area contributed by atoms with E-state index in [1.807, 2.05) is 0 Å². The van der Waals surface area contributed by atoms with Crippen LogP contribution in [0.15, 0.2) is 6.20 Å². The first-order valence-corrected chi connectivity index (χ1v) is 4.44. The monoisotopic (exact) mass is 256 g/mol. The number of pyridine rings is 1. The molecule has 0 spiro atoms. The van der Waals surface area contributed by atoms with Crippen molar-refractivity contribution in [1.82, 2.24) is 4.98 Å². The maximum atomic E-state index is 12.5. The molecule has 8 heteroatoms. The molecule has 17 heavy (non-hydrogen) atoms. The van der Waals surface area contributed by atoms with E-state index in [-0.39, 0.29) is 0 Å². The summed E-state index contributed by atoms with van der Waals surface area (Å²) in [4.78, 5) is 3.09. The van der Waals surface area contributed by atoms with Gasteiger partial charge in [0.1, 0.15) is 17.0 Å². The van der Waals surface area contributed by atoms with Crippen LogP contribution in [0, 0.1) is 0 Å². The van der Waals surface area contributed by atoms with E-state index in [4.69, 9.17) is 5.73 Å². The van der Waals surface area contributed by atoms with Crippen LogP contribution in [0.1, 0.15) is 23.2 Å². The third-order valence-corrected chi connectivity index (χ3v) is 2.08. The van der Waals surface area contributed by atoms with E-state index in [1.54, 1.807) is 0 Å². The lowest BCUT2D eigenvalue weighted by Crippen LogP contribution is -2.14. The zero-order chi connectivity index (χ0) is 13.2. The summed E-state index contributed by atoms with van der Waals surface area (Å²) in [6.07, 6.45) is -7.42. The molecule has 96 valence electrons. The molecule has 2 N–H and O–H groups in total. The highest BCUT2D eigenvalue weighted by Gasteiger charge is 2.37. The standard InChI is InChI=1S/C9H9F5N2O/c1-17-7-4(2-15)6(8(10)11)16-3-5(7)9(12,13)14/h3,8H,2,15H2,1H3. The van der Waals surface area contributed by atoms with Gasteiger partial charge >= 0.3 is 6.18 Å². The van der Waals surface area contributed by atoms with Crippen molar-refractivity contribution in [2.45, 2.75) is 19.1 Å². The molecule has 0 fully saturated rings. The van der Waals surface area contributed by atoms with E-state index in [1.165, 1.54) is 0 Å². The minimum absolute atomic E-state index is 0.319. The second-order valence-corrected chi connectivity index (χ2v) is 3.07. The fraction of sp³-hybridized carbons (Fsp3) is 0.444. The van der Waals surface area contributed by atoms with Crippen molar-refractivity contribution in [2.75, 3.05) is 7.11 Å². The minimum Gasteiger partial charge on any atom is -0.496 e. The average molecular weight is 256 g/mol. The van der Waals surface area contributed by atoms with Gasteiger partial charge in [0.25, 0.3) is 6.43 Å². The van der Waals surface area contributed by atoms with Gasteiger partial charge in [-0.05, 0) is 0 Å². The molecular formula is C9H9F5N2O. The maximum absolute atomic E-state index is 12.5. The molecule has 0 atom stereocenters. The fourth-order valence-corrected chi connectivity index (χ4v) is 1.37. The quantitative estimate of drug-likeness (QED) is 0.845. The van der Waals surface area contributed by atoms with Crippen molar-refractivity contribution in [3.63, 3.8) is 0 Å². The molecule has 0 aliphatic rings. The van der Waals surface area contributed by atoms with E-state index in [0.717, 1.165) is 7.11 Å². The van der Waals surface area contributed by atoms with Crippen LogP contribution in [-0.2, 0) is 12.7 Å². The highest BCUT2D eigenvalue weighted by Crippen LogP contribution is 2.39. The second-order valence-electron chi connectivity index (χ2n) is 3.07. The van der Waals surface area contributed by atoms with Gasteiger partial charge in [-0.15, -0.1) is 0 Å². The first kappa shape index (κ1) is 13.6. The lowest BCUT2D eigenvalue weighted by atomic mass is 10.1. The number of nitrogens with two attached hydrogens (primary N) is 1. The Labute approximate surface area is 93.4 Å². The van der Waals surface area contributed by atoms with Gasteiger partial charge < -0.3 is 10.5 Å². The zero-order valence-corrected chi connectivity index (χ0v) is 8.68. The fourth-order valence-electron chi connectivity index (χ4n) is 1.37. The van der Waals surface area contributed by atoms with Gasteiger partial charge in [-0.3, -0.25) is 4.98 Å². The molecule has 0 radical (unpaired) electrons. The van der Waals surface area contributed by atoms with E-state index in [9.17, 15) is 22.0 Å². The smallest absolute Gasteiger partial charge is 0.421 e. The molecule has 0 bridgehead atoms. The summed E-state index contributed by atoms with van der Waals surface area (Å²) in [6.45, 7) is -0.514. The van der Waals surface area contributed by atoms with E-state index >= 15 is 0 Å². The molecule has 1 heterocycles. The predicted octanol–water partition coefficient (Wildman–Crippen LogP) is 2.51. The number of hydrogen-bond donors (Lipinski definition) is 1. The van der Waals surface area contributed by atoms with Gasteiger partial charge in [0.2, 0.25) is 0 Å². The number of ether oxygens (including phenoxy) is 1. The molecule has 3 nitrogen and oxygen atoms in total. The predicted molar refractivity (Wildman–Crippen MR) is 48.6 cm³/mol. The van der Waals surface area contributed by atoms with Gasteiger partial charge in [0.05, 0.1) is 7.11 Å². The van der Waals surface area contributed by atoms with Crippen LogP contribution in [0.4, 0.5) is 22.0 Å². The number of nitrogens with zero attached hydrogens (tertiary/aromatic N) is 1. The van der Waals surface area contributed by atoms with Crippen molar-refractivity contribution in [3.8, 4) is 5.75 Å². The van der Waals surface area contributed by atoms with Crippen LogP contribution in [-0.4, -0.2) is 12.1 Å². The van der Waals surface area contributed by atoms with Crippen LogP contribution in [0.5, 0.6) is 5.75 Å². The molecule has 0 amide bonds. The third-order valence-electron chi connectivity index (χ3n) is 2.08. The van der Waals surface area contributed by atoms with Gasteiger partial charge in [-0.2, -0.15) is 13.2 Å². The summed E-state index contributed by atoms with van der Waals surface area (Å²) in [7, 11) is 0.957. The van der Waals surface area contributed by atoms with Crippen LogP contribution in [0.2, 0.25) is 0 Å². The molecule has 0 saturated heterocycles. The molecule has 0 aromatic carbocycles. The zero-order valence-electron chi connectivity index (χ0n) is 8.68. The number of hydrogen-bond acceptors (Lipinski definition) is 3.